The summed E-state index contributed by atoms with van der Waals surface area (Å²) >= 11 is 0. The molecule has 0 atom stereocenters. The lowest BCUT2D eigenvalue weighted by molar-refractivity contribution is -0.00744. The molecule has 0 radical (unpaired) electrons. The van der Waals surface area contributed by atoms with Gasteiger partial charge in [0.25, 0.3) is 0 Å². The van der Waals surface area contributed by atoms with Crippen LogP contribution in [0, 0.1) is 5.82 Å². The highest BCUT2D eigenvalue weighted by molar-refractivity contribution is 5.47. The van der Waals surface area contributed by atoms with Crippen LogP contribution >= 0.6 is 0 Å². The largest absolute Gasteiger partial charge is 0.398 e. The smallest absolute Gasteiger partial charge is 0.129 e. The Bertz CT molecular complexity index is 376. The Morgan fingerprint density at radius 3 is 2.65 bits per heavy atom. The molecular weight excluding hydrogens is 219 g/mol. The third-order valence-electron chi connectivity index (χ3n) is 3.47. The molecule has 3 nitrogen and oxygen atoms in total. The van der Waals surface area contributed by atoms with E-state index in [0.717, 1.165) is 25.9 Å². The van der Waals surface area contributed by atoms with Gasteiger partial charge in [-0.05, 0) is 31.9 Å². The molecule has 1 aromatic rings. The summed E-state index contributed by atoms with van der Waals surface area (Å²) in [6.07, 6.45) is 1.45. The first-order chi connectivity index (χ1) is 7.98. The number of piperidine rings is 1. The van der Waals surface area contributed by atoms with E-state index < -0.39 is 5.60 Å². The molecule has 94 valence electrons. The molecule has 0 unspecified atom stereocenters. The zero-order chi connectivity index (χ0) is 12.5. The molecule has 0 aliphatic carbocycles. The van der Waals surface area contributed by atoms with E-state index in [1.165, 1.54) is 6.07 Å². The molecule has 0 aromatic heterocycles. The predicted octanol–water partition coefficient (Wildman–Crippen LogP) is 1.75. The lowest BCUT2D eigenvalue weighted by Gasteiger charge is -2.35. The van der Waals surface area contributed by atoms with E-state index in [1.54, 1.807) is 12.1 Å². The Morgan fingerprint density at radius 2 is 2.06 bits per heavy atom. The van der Waals surface area contributed by atoms with Crippen LogP contribution in [0.5, 0.6) is 0 Å². The monoisotopic (exact) mass is 238 g/mol. The van der Waals surface area contributed by atoms with Crippen LogP contribution in [-0.4, -0.2) is 28.7 Å². The van der Waals surface area contributed by atoms with E-state index in [4.69, 9.17) is 5.73 Å². The van der Waals surface area contributed by atoms with Gasteiger partial charge in [0.15, 0.2) is 0 Å². The van der Waals surface area contributed by atoms with Gasteiger partial charge in [-0.1, -0.05) is 6.07 Å². The Hall–Kier alpha value is -1.13. The molecule has 2 rings (SSSR count). The number of rotatable bonds is 2. The summed E-state index contributed by atoms with van der Waals surface area (Å²) in [7, 11) is 0. The second kappa shape index (κ2) is 4.63. The van der Waals surface area contributed by atoms with Crippen LogP contribution < -0.4 is 5.73 Å². The average molecular weight is 238 g/mol. The lowest BCUT2D eigenvalue weighted by atomic mass is 9.93. The maximum absolute atomic E-state index is 13.6. The average Bonchev–Trinajstić information content (AvgIpc) is 2.26. The standard InChI is InChI=1S/C13H19FN2O/c1-13(17)5-7-16(8-6-13)9-10-11(14)3-2-4-12(10)15/h2-4,17H,5-9,15H2,1H3. The topological polar surface area (TPSA) is 49.5 Å². The normalized spacial score (nSPS) is 20.4. The van der Waals surface area contributed by atoms with E-state index in [-0.39, 0.29) is 5.82 Å². The van der Waals surface area contributed by atoms with Crippen LogP contribution in [0.15, 0.2) is 18.2 Å². The second-order valence-corrected chi connectivity index (χ2v) is 5.08. The fraction of sp³-hybridized carbons (Fsp3) is 0.538. The van der Waals surface area contributed by atoms with Gasteiger partial charge in [0.2, 0.25) is 0 Å². The summed E-state index contributed by atoms with van der Waals surface area (Å²) in [5, 5.41) is 9.84. The molecule has 1 heterocycles. The lowest BCUT2D eigenvalue weighted by Crippen LogP contribution is -2.42. The van der Waals surface area contributed by atoms with Gasteiger partial charge >= 0.3 is 0 Å². The van der Waals surface area contributed by atoms with E-state index in [0.29, 0.717) is 17.8 Å². The van der Waals surface area contributed by atoms with Gasteiger partial charge in [-0.25, -0.2) is 4.39 Å². The van der Waals surface area contributed by atoms with Crippen LogP contribution in [0.1, 0.15) is 25.3 Å². The van der Waals surface area contributed by atoms with Gasteiger partial charge in [0, 0.05) is 30.9 Å². The van der Waals surface area contributed by atoms with Crippen molar-refractivity contribution >= 4 is 5.69 Å². The molecule has 0 amide bonds. The molecule has 0 spiro atoms. The van der Waals surface area contributed by atoms with Crippen molar-refractivity contribution in [3.63, 3.8) is 0 Å². The summed E-state index contributed by atoms with van der Waals surface area (Å²) in [5.41, 5.74) is 6.27. The minimum absolute atomic E-state index is 0.248. The number of aliphatic hydroxyl groups is 1. The number of hydrogen-bond donors (Lipinski definition) is 2. The highest BCUT2D eigenvalue weighted by Gasteiger charge is 2.27. The number of nitrogen functional groups attached to an aromatic ring is 1. The molecule has 1 aromatic carbocycles. The molecule has 17 heavy (non-hydrogen) atoms. The molecule has 4 heteroatoms. The van der Waals surface area contributed by atoms with Crippen molar-refractivity contribution in [2.24, 2.45) is 0 Å². The van der Waals surface area contributed by atoms with E-state index >= 15 is 0 Å². The van der Waals surface area contributed by atoms with E-state index in [1.807, 2.05) is 6.92 Å². The Morgan fingerprint density at radius 1 is 1.41 bits per heavy atom. The summed E-state index contributed by atoms with van der Waals surface area (Å²) in [5.74, 6) is -0.248. The van der Waals surface area contributed by atoms with Crippen molar-refractivity contribution in [1.29, 1.82) is 0 Å². The molecule has 0 bridgehead atoms. The summed E-state index contributed by atoms with van der Waals surface area (Å²) in [6.45, 7) is 3.93. The van der Waals surface area contributed by atoms with Gasteiger partial charge < -0.3 is 10.8 Å². The zero-order valence-electron chi connectivity index (χ0n) is 10.1. The Balaban J connectivity index is 2.03. The first-order valence-electron chi connectivity index (χ1n) is 5.95. The van der Waals surface area contributed by atoms with Crippen molar-refractivity contribution < 1.29 is 9.50 Å². The molecular formula is C13H19FN2O. The Labute approximate surface area is 101 Å². The maximum atomic E-state index is 13.6. The minimum Gasteiger partial charge on any atom is -0.398 e. The highest BCUT2D eigenvalue weighted by Crippen LogP contribution is 2.24. The minimum atomic E-state index is -0.572. The van der Waals surface area contributed by atoms with E-state index in [2.05, 4.69) is 4.90 Å². The molecule has 1 fully saturated rings. The number of anilines is 1. The SMILES string of the molecule is CC1(O)CCN(Cc2c(N)cccc2F)CC1. The quantitative estimate of drug-likeness (QED) is 0.772. The summed E-state index contributed by atoms with van der Waals surface area (Å²) in [6, 6.07) is 4.78. The fourth-order valence-corrected chi connectivity index (χ4v) is 2.16. The van der Waals surface area contributed by atoms with Gasteiger partial charge in [-0.3, -0.25) is 4.90 Å². The van der Waals surface area contributed by atoms with Crippen LogP contribution in [-0.2, 0) is 6.54 Å². The number of nitrogens with zero attached hydrogens (tertiary/aromatic N) is 1. The first kappa shape index (κ1) is 12.3. The van der Waals surface area contributed by atoms with Crippen LogP contribution in [0.2, 0.25) is 0 Å². The third-order valence-corrected chi connectivity index (χ3v) is 3.47. The van der Waals surface area contributed by atoms with Crippen LogP contribution in [0.4, 0.5) is 10.1 Å². The van der Waals surface area contributed by atoms with Crippen LogP contribution in [0.3, 0.4) is 0 Å². The van der Waals surface area contributed by atoms with E-state index in [9.17, 15) is 9.50 Å². The second-order valence-electron chi connectivity index (χ2n) is 5.08. The highest BCUT2D eigenvalue weighted by atomic mass is 19.1. The molecule has 0 saturated carbocycles. The molecule has 1 saturated heterocycles. The zero-order valence-corrected chi connectivity index (χ0v) is 10.1. The number of benzene rings is 1. The first-order valence-corrected chi connectivity index (χ1v) is 5.95. The number of likely N-dealkylation sites (tertiary alicyclic amines) is 1. The van der Waals surface area contributed by atoms with Gasteiger partial charge in [-0.15, -0.1) is 0 Å². The molecule has 1 aliphatic heterocycles. The Kier molecular flexibility index (Phi) is 3.35. The summed E-state index contributed by atoms with van der Waals surface area (Å²) in [4.78, 5) is 2.13. The fourth-order valence-electron chi connectivity index (χ4n) is 2.16. The van der Waals surface area contributed by atoms with Crippen molar-refractivity contribution in [1.82, 2.24) is 4.90 Å². The maximum Gasteiger partial charge on any atom is 0.129 e. The van der Waals surface area contributed by atoms with Crippen molar-refractivity contribution in [2.75, 3.05) is 18.8 Å². The molecule has 3 N–H and O–H groups in total. The van der Waals surface area contributed by atoms with Crippen LogP contribution in [0.25, 0.3) is 0 Å². The van der Waals surface area contributed by atoms with Gasteiger partial charge in [0.1, 0.15) is 5.82 Å². The number of hydrogen-bond acceptors (Lipinski definition) is 3. The predicted molar refractivity (Wildman–Crippen MR) is 65.9 cm³/mol. The molecule has 1 aliphatic rings. The number of halogens is 1. The third kappa shape index (κ3) is 2.96. The van der Waals surface area contributed by atoms with Crippen molar-refractivity contribution in [3.8, 4) is 0 Å². The summed E-state index contributed by atoms with van der Waals surface area (Å²) < 4.78 is 13.6. The van der Waals surface area contributed by atoms with Crippen molar-refractivity contribution in [3.05, 3.63) is 29.6 Å². The van der Waals surface area contributed by atoms with Crippen molar-refractivity contribution in [2.45, 2.75) is 31.9 Å². The van der Waals surface area contributed by atoms with Gasteiger partial charge in [0.05, 0.1) is 5.60 Å². The van der Waals surface area contributed by atoms with Gasteiger partial charge in [-0.2, -0.15) is 0 Å². The number of nitrogens with two attached hydrogens (primary N) is 1.